The minimum Gasteiger partial charge on any atom is -0.484 e. The fourth-order valence-corrected chi connectivity index (χ4v) is 3.02. The number of nitrogens with zero attached hydrogens (tertiary/aromatic N) is 4. The number of aromatic amines is 1. The quantitative estimate of drug-likeness (QED) is 0.774. The summed E-state index contributed by atoms with van der Waals surface area (Å²) in [6, 6.07) is 10.2. The molecule has 0 radical (unpaired) electrons. The number of ether oxygens (including phenoxy) is 1. The van der Waals surface area contributed by atoms with Crippen LogP contribution >= 0.6 is 0 Å². The Morgan fingerprint density at radius 3 is 2.88 bits per heavy atom. The third-order valence-corrected chi connectivity index (χ3v) is 4.31. The molecule has 4 rings (SSSR count). The van der Waals surface area contributed by atoms with E-state index in [-0.39, 0.29) is 18.2 Å². The summed E-state index contributed by atoms with van der Waals surface area (Å²) < 4.78 is 19.1. The lowest BCUT2D eigenvalue weighted by atomic mass is 10.1. The Bertz CT molecular complexity index is 838. The number of halogens is 1. The molecule has 1 N–H and O–H groups in total. The Balaban J connectivity index is 1.38. The SMILES string of the molecule is Fc1ccccc1OCc1cc(C2CCN(c3ncccn3)C2)n[nH]1. The summed E-state index contributed by atoms with van der Waals surface area (Å²) in [5.41, 5.74) is 1.82. The van der Waals surface area contributed by atoms with Crippen LogP contribution in [0.4, 0.5) is 10.3 Å². The van der Waals surface area contributed by atoms with Crippen LogP contribution in [0.25, 0.3) is 0 Å². The van der Waals surface area contributed by atoms with Crippen molar-refractivity contribution in [2.75, 3.05) is 18.0 Å². The molecule has 0 amide bonds. The molecule has 1 aliphatic heterocycles. The van der Waals surface area contributed by atoms with E-state index in [1.165, 1.54) is 6.07 Å². The van der Waals surface area contributed by atoms with Gasteiger partial charge in [0, 0.05) is 31.4 Å². The van der Waals surface area contributed by atoms with Crippen LogP contribution in [0, 0.1) is 5.82 Å². The second-order valence-corrected chi connectivity index (χ2v) is 6.02. The van der Waals surface area contributed by atoms with Crippen LogP contribution in [0.3, 0.4) is 0 Å². The first-order chi connectivity index (χ1) is 12.3. The lowest BCUT2D eigenvalue weighted by Crippen LogP contribution is -2.21. The van der Waals surface area contributed by atoms with Crippen LogP contribution < -0.4 is 9.64 Å². The van der Waals surface area contributed by atoms with E-state index in [1.54, 1.807) is 30.6 Å². The van der Waals surface area contributed by atoms with E-state index in [9.17, 15) is 4.39 Å². The van der Waals surface area contributed by atoms with E-state index in [1.807, 2.05) is 12.1 Å². The smallest absolute Gasteiger partial charge is 0.225 e. The first kappa shape index (κ1) is 15.6. The Hall–Kier alpha value is -2.96. The number of hydrogen-bond acceptors (Lipinski definition) is 5. The predicted molar refractivity (Wildman–Crippen MR) is 90.9 cm³/mol. The summed E-state index contributed by atoms with van der Waals surface area (Å²) in [6.07, 6.45) is 4.50. The van der Waals surface area contributed by atoms with Gasteiger partial charge in [-0.3, -0.25) is 5.10 Å². The van der Waals surface area contributed by atoms with E-state index in [4.69, 9.17) is 4.74 Å². The van der Waals surface area contributed by atoms with Crippen molar-refractivity contribution in [2.45, 2.75) is 18.9 Å². The van der Waals surface area contributed by atoms with Crippen LogP contribution in [-0.4, -0.2) is 33.3 Å². The molecule has 25 heavy (non-hydrogen) atoms. The van der Waals surface area contributed by atoms with Gasteiger partial charge >= 0.3 is 0 Å². The van der Waals surface area contributed by atoms with Crippen LogP contribution in [0.2, 0.25) is 0 Å². The third kappa shape index (κ3) is 3.45. The fourth-order valence-electron chi connectivity index (χ4n) is 3.02. The lowest BCUT2D eigenvalue weighted by Gasteiger charge is -2.14. The predicted octanol–water partition coefficient (Wildman–Crippen LogP) is 2.91. The van der Waals surface area contributed by atoms with Gasteiger partial charge in [0.25, 0.3) is 0 Å². The summed E-state index contributed by atoms with van der Waals surface area (Å²) >= 11 is 0. The van der Waals surface area contributed by atoms with Gasteiger partial charge in [-0.05, 0) is 30.7 Å². The second kappa shape index (κ2) is 6.88. The van der Waals surface area contributed by atoms with Crippen molar-refractivity contribution < 1.29 is 9.13 Å². The molecule has 1 aromatic carbocycles. The molecule has 7 heteroatoms. The fraction of sp³-hybridized carbons (Fsp3) is 0.278. The van der Waals surface area contributed by atoms with E-state index in [0.717, 1.165) is 36.8 Å². The molecule has 0 saturated carbocycles. The Labute approximate surface area is 144 Å². The molecule has 128 valence electrons. The number of benzene rings is 1. The van der Waals surface area contributed by atoms with Gasteiger partial charge < -0.3 is 9.64 Å². The highest BCUT2D eigenvalue weighted by molar-refractivity contribution is 5.33. The van der Waals surface area contributed by atoms with Gasteiger partial charge in [0.2, 0.25) is 5.95 Å². The van der Waals surface area contributed by atoms with Crippen molar-refractivity contribution in [1.82, 2.24) is 20.2 Å². The molecule has 1 saturated heterocycles. The number of para-hydroxylation sites is 1. The summed E-state index contributed by atoms with van der Waals surface area (Å²) in [7, 11) is 0. The molecule has 1 atom stereocenters. The number of H-pyrrole nitrogens is 1. The molecule has 0 aliphatic carbocycles. The monoisotopic (exact) mass is 339 g/mol. The van der Waals surface area contributed by atoms with Gasteiger partial charge in [-0.15, -0.1) is 0 Å². The van der Waals surface area contributed by atoms with Gasteiger partial charge in [-0.2, -0.15) is 5.10 Å². The number of anilines is 1. The topological polar surface area (TPSA) is 66.9 Å². The van der Waals surface area contributed by atoms with Crippen molar-refractivity contribution >= 4 is 5.95 Å². The van der Waals surface area contributed by atoms with Gasteiger partial charge in [-0.25, -0.2) is 14.4 Å². The highest BCUT2D eigenvalue weighted by Gasteiger charge is 2.27. The minimum absolute atomic E-state index is 0.243. The summed E-state index contributed by atoms with van der Waals surface area (Å²) in [6.45, 7) is 2.00. The van der Waals surface area contributed by atoms with E-state index in [2.05, 4.69) is 25.1 Å². The van der Waals surface area contributed by atoms with Crippen molar-refractivity contribution in [3.05, 3.63) is 66.0 Å². The number of hydrogen-bond donors (Lipinski definition) is 1. The lowest BCUT2D eigenvalue weighted by molar-refractivity contribution is 0.286. The third-order valence-electron chi connectivity index (χ3n) is 4.31. The molecule has 3 aromatic rings. The summed E-state index contributed by atoms with van der Waals surface area (Å²) in [5.74, 6) is 0.953. The van der Waals surface area contributed by atoms with E-state index >= 15 is 0 Å². The zero-order valence-corrected chi connectivity index (χ0v) is 13.6. The minimum atomic E-state index is -0.364. The van der Waals surface area contributed by atoms with Gasteiger partial charge in [0.15, 0.2) is 11.6 Å². The standard InChI is InChI=1S/C18H18FN5O/c19-15-4-1-2-5-17(15)25-12-14-10-16(23-22-14)13-6-9-24(11-13)18-20-7-3-8-21-18/h1-5,7-8,10,13H,6,9,11-12H2,(H,22,23). The van der Waals surface area contributed by atoms with Crippen LogP contribution in [0.1, 0.15) is 23.7 Å². The maximum absolute atomic E-state index is 13.6. The summed E-state index contributed by atoms with van der Waals surface area (Å²) in [5, 5.41) is 7.37. The molecule has 1 aliphatic rings. The van der Waals surface area contributed by atoms with Gasteiger partial charge in [0.05, 0.1) is 11.4 Å². The average molecular weight is 339 g/mol. The molecule has 6 nitrogen and oxygen atoms in total. The van der Waals surface area contributed by atoms with Crippen LogP contribution in [0.15, 0.2) is 48.8 Å². The van der Waals surface area contributed by atoms with E-state index in [0.29, 0.717) is 5.92 Å². The van der Waals surface area contributed by atoms with Gasteiger partial charge in [0.1, 0.15) is 6.61 Å². The highest BCUT2D eigenvalue weighted by atomic mass is 19.1. The largest absolute Gasteiger partial charge is 0.484 e. The van der Waals surface area contributed by atoms with E-state index < -0.39 is 0 Å². The molecule has 0 spiro atoms. The second-order valence-electron chi connectivity index (χ2n) is 6.02. The first-order valence-electron chi connectivity index (χ1n) is 8.23. The maximum atomic E-state index is 13.6. The first-order valence-corrected chi connectivity index (χ1v) is 8.23. The summed E-state index contributed by atoms with van der Waals surface area (Å²) in [4.78, 5) is 10.8. The number of rotatable bonds is 5. The van der Waals surface area contributed by atoms with Crippen LogP contribution in [-0.2, 0) is 6.61 Å². The molecular formula is C18H18FN5O. The van der Waals surface area contributed by atoms with Gasteiger partial charge in [-0.1, -0.05) is 12.1 Å². The average Bonchev–Trinajstić information content (AvgIpc) is 3.31. The Kier molecular flexibility index (Phi) is 4.28. The van der Waals surface area contributed by atoms with Crippen molar-refractivity contribution in [1.29, 1.82) is 0 Å². The van der Waals surface area contributed by atoms with Crippen molar-refractivity contribution in [3.8, 4) is 5.75 Å². The Morgan fingerprint density at radius 2 is 2.04 bits per heavy atom. The molecular weight excluding hydrogens is 321 g/mol. The maximum Gasteiger partial charge on any atom is 0.225 e. The molecule has 1 unspecified atom stereocenters. The zero-order chi connectivity index (χ0) is 17.1. The number of nitrogens with one attached hydrogen (secondary N) is 1. The molecule has 1 fully saturated rings. The van der Waals surface area contributed by atoms with Crippen molar-refractivity contribution in [2.24, 2.45) is 0 Å². The number of aromatic nitrogens is 4. The van der Waals surface area contributed by atoms with Crippen molar-refractivity contribution in [3.63, 3.8) is 0 Å². The zero-order valence-electron chi connectivity index (χ0n) is 13.6. The highest BCUT2D eigenvalue weighted by Crippen LogP contribution is 2.28. The van der Waals surface area contributed by atoms with Crippen LogP contribution in [0.5, 0.6) is 5.75 Å². The normalized spacial score (nSPS) is 17.0. The Morgan fingerprint density at radius 1 is 1.20 bits per heavy atom. The molecule has 0 bridgehead atoms. The molecule has 3 heterocycles. The molecule has 2 aromatic heterocycles.